The Labute approximate surface area is 198 Å². The highest BCUT2D eigenvalue weighted by molar-refractivity contribution is 5.80. The molecule has 1 aromatic heterocycles. The Morgan fingerprint density at radius 3 is 2.67 bits per heavy atom. The zero-order valence-electron chi connectivity index (χ0n) is 20.2. The molecule has 2 unspecified atom stereocenters. The summed E-state index contributed by atoms with van der Waals surface area (Å²) in [6, 6.07) is 15.4. The lowest BCUT2D eigenvalue weighted by atomic mass is 9.89. The van der Waals surface area contributed by atoms with Gasteiger partial charge in [-0.1, -0.05) is 35.9 Å². The van der Waals surface area contributed by atoms with Crippen molar-refractivity contribution in [1.29, 1.82) is 0 Å². The Bertz CT molecular complexity index is 862. The van der Waals surface area contributed by atoms with Crippen molar-refractivity contribution in [2.75, 3.05) is 32.8 Å². The molecule has 2 saturated heterocycles. The smallest absolute Gasteiger partial charge is 0.191 e. The van der Waals surface area contributed by atoms with E-state index in [4.69, 9.17) is 9.73 Å². The lowest BCUT2D eigenvalue weighted by Crippen LogP contribution is -2.48. The molecule has 2 atom stereocenters. The molecular weight excluding hydrogens is 410 g/mol. The van der Waals surface area contributed by atoms with E-state index < -0.39 is 0 Å². The number of ether oxygens (including phenoxy) is 1. The number of hydrogen-bond donors (Lipinski definition) is 2. The van der Waals surface area contributed by atoms with Crippen molar-refractivity contribution in [3.63, 3.8) is 0 Å². The molecule has 2 aliphatic heterocycles. The Hall–Kier alpha value is -2.44. The van der Waals surface area contributed by atoms with Gasteiger partial charge in [0.15, 0.2) is 5.96 Å². The van der Waals surface area contributed by atoms with Gasteiger partial charge in [-0.15, -0.1) is 0 Å². The Kier molecular flexibility index (Phi) is 8.72. The van der Waals surface area contributed by atoms with E-state index in [1.54, 1.807) is 0 Å². The van der Waals surface area contributed by atoms with Crippen LogP contribution in [0.4, 0.5) is 0 Å². The van der Waals surface area contributed by atoms with Crippen molar-refractivity contribution >= 4 is 5.96 Å². The van der Waals surface area contributed by atoms with Crippen LogP contribution in [0, 0.1) is 12.8 Å². The van der Waals surface area contributed by atoms with E-state index in [0.717, 1.165) is 76.7 Å². The standard InChI is InChI=1S/C27H39N5O/c1-3-28-27(31-24-13-16-32(17-14-24)20-25-8-4-5-15-29-25)30-19-23-7-6-18-33-26(23)22-11-9-21(2)10-12-22/h4-5,8-12,15,23-24,26H,3,6-7,13-14,16-20H2,1-2H3,(H2,28,30,31). The maximum absolute atomic E-state index is 6.20. The summed E-state index contributed by atoms with van der Waals surface area (Å²) in [5.41, 5.74) is 3.71. The molecule has 2 aromatic rings. The second-order valence-corrected chi connectivity index (χ2v) is 9.34. The molecule has 0 bridgehead atoms. The molecule has 2 aliphatic rings. The lowest BCUT2D eigenvalue weighted by Gasteiger charge is -2.33. The van der Waals surface area contributed by atoms with E-state index in [1.165, 1.54) is 11.1 Å². The Morgan fingerprint density at radius 1 is 1.12 bits per heavy atom. The van der Waals surface area contributed by atoms with Crippen molar-refractivity contribution in [2.45, 2.75) is 58.2 Å². The van der Waals surface area contributed by atoms with Crippen LogP contribution in [0.25, 0.3) is 0 Å². The fourth-order valence-corrected chi connectivity index (χ4v) is 4.83. The molecule has 33 heavy (non-hydrogen) atoms. The van der Waals surface area contributed by atoms with E-state index >= 15 is 0 Å². The van der Waals surface area contributed by atoms with Crippen LogP contribution < -0.4 is 10.6 Å². The number of aromatic nitrogens is 1. The predicted molar refractivity (Wildman–Crippen MR) is 134 cm³/mol. The number of aliphatic imine (C=N–C) groups is 1. The van der Waals surface area contributed by atoms with Crippen LogP contribution in [0.15, 0.2) is 53.7 Å². The van der Waals surface area contributed by atoms with Gasteiger partial charge in [0.1, 0.15) is 0 Å². The van der Waals surface area contributed by atoms with Crippen LogP contribution in [-0.4, -0.2) is 54.7 Å². The Balaban J connectivity index is 1.31. The highest BCUT2D eigenvalue weighted by Gasteiger charge is 2.27. The molecule has 4 rings (SSSR count). The second-order valence-electron chi connectivity index (χ2n) is 9.34. The van der Waals surface area contributed by atoms with Gasteiger partial charge in [0.2, 0.25) is 0 Å². The molecule has 6 heteroatoms. The molecule has 3 heterocycles. The van der Waals surface area contributed by atoms with Gasteiger partial charge in [-0.2, -0.15) is 0 Å². The van der Waals surface area contributed by atoms with Crippen LogP contribution in [0.5, 0.6) is 0 Å². The summed E-state index contributed by atoms with van der Waals surface area (Å²) in [5, 5.41) is 7.16. The topological polar surface area (TPSA) is 61.8 Å². The highest BCUT2D eigenvalue weighted by atomic mass is 16.5. The summed E-state index contributed by atoms with van der Waals surface area (Å²) < 4.78 is 6.20. The van der Waals surface area contributed by atoms with Crippen LogP contribution in [0.2, 0.25) is 0 Å². The molecule has 2 fully saturated rings. The van der Waals surface area contributed by atoms with E-state index in [9.17, 15) is 0 Å². The van der Waals surface area contributed by atoms with Gasteiger partial charge in [0, 0.05) is 57.5 Å². The number of likely N-dealkylation sites (tertiary alicyclic amines) is 1. The zero-order chi connectivity index (χ0) is 22.9. The SMILES string of the molecule is CCNC(=NCC1CCCOC1c1ccc(C)cc1)NC1CCN(Cc2ccccn2)CC1. The van der Waals surface area contributed by atoms with Crippen molar-refractivity contribution in [2.24, 2.45) is 10.9 Å². The largest absolute Gasteiger partial charge is 0.373 e. The van der Waals surface area contributed by atoms with Crippen LogP contribution >= 0.6 is 0 Å². The first-order chi connectivity index (χ1) is 16.2. The third-order valence-corrected chi connectivity index (χ3v) is 6.72. The third kappa shape index (κ3) is 7.02. The van der Waals surface area contributed by atoms with Crippen molar-refractivity contribution in [3.8, 4) is 0 Å². The number of guanidine groups is 1. The lowest BCUT2D eigenvalue weighted by molar-refractivity contribution is -0.0250. The molecule has 0 amide bonds. The van der Waals surface area contributed by atoms with Gasteiger partial charge in [-0.25, -0.2) is 0 Å². The molecule has 0 saturated carbocycles. The number of benzene rings is 1. The molecular formula is C27H39N5O. The maximum Gasteiger partial charge on any atom is 0.191 e. The first kappa shape index (κ1) is 23.7. The van der Waals surface area contributed by atoms with Gasteiger partial charge in [-0.05, 0) is 57.2 Å². The predicted octanol–water partition coefficient (Wildman–Crippen LogP) is 4.08. The Morgan fingerprint density at radius 2 is 1.94 bits per heavy atom. The van der Waals surface area contributed by atoms with E-state index in [-0.39, 0.29) is 6.10 Å². The maximum atomic E-state index is 6.20. The zero-order valence-corrected chi connectivity index (χ0v) is 20.2. The van der Waals surface area contributed by atoms with E-state index in [1.807, 2.05) is 12.3 Å². The number of aryl methyl sites for hydroxylation is 1. The molecule has 0 radical (unpaired) electrons. The first-order valence-electron chi connectivity index (χ1n) is 12.6. The molecule has 1 aromatic carbocycles. The number of pyridine rings is 1. The highest BCUT2D eigenvalue weighted by Crippen LogP contribution is 2.34. The van der Waals surface area contributed by atoms with Crippen molar-refractivity contribution < 1.29 is 4.74 Å². The summed E-state index contributed by atoms with van der Waals surface area (Å²) in [4.78, 5) is 12.0. The first-order valence-corrected chi connectivity index (χ1v) is 12.6. The number of nitrogens with one attached hydrogen (secondary N) is 2. The number of nitrogens with zero attached hydrogens (tertiary/aromatic N) is 3. The summed E-state index contributed by atoms with van der Waals surface area (Å²) in [7, 11) is 0. The minimum absolute atomic E-state index is 0.140. The molecule has 2 N–H and O–H groups in total. The van der Waals surface area contributed by atoms with Crippen molar-refractivity contribution in [1.82, 2.24) is 20.5 Å². The molecule has 178 valence electrons. The quantitative estimate of drug-likeness (QED) is 0.493. The minimum Gasteiger partial charge on any atom is -0.373 e. The van der Waals surface area contributed by atoms with Crippen molar-refractivity contribution in [3.05, 3.63) is 65.5 Å². The third-order valence-electron chi connectivity index (χ3n) is 6.72. The number of piperidine rings is 1. The van der Waals surface area contributed by atoms with Crippen LogP contribution in [0.3, 0.4) is 0 Å². The van der Waals surface area contributed by atoms with Gasteiger partial charge in [0.05, 0.1) is 11.8 Å². The normalized spacial score (nSPS) is 22.8. The van der Waals surface area contributed by atoms with Crippen LogP contribution in [0.1, 0.15) is 55.5 Å². The summed E-state index contributed by atoms with van der Waals surface area (Å²) in [6.45, 7) is 9.85. The number of hydrogen-bond acceptors (Lipinski definition) is 4. The average Bonchev–Trinajstić information content (AvgIpc) is 2.85. The minimum atomic E-state index is 0.140. The molecule has 0 spiro atoms. The van der Waals surface area contributed by atoms with Crippen LogP contribution in [-0.2, 0) is 11.3 Å². The van der Waals surface area contributed by atoms with Gasteiger partial charge in [-0.3, -0.25) is 14.9 Å². The number of rotatable bonds is 7. The fraction of sp³-hybridized carbons (Fsp3) is 0.556. The van der Waals surface area contributed by atoms with E-state index in [2.05, 4.69) is 70.8 Å². The molecule has 0 aliphatic carbocycles. The second kappa shape index (κ2) is 12.1. The fourth-order valence-electron chi connectivity index (χ4n) is 4.83. The summed E-state index contributed by atoms with van der Waals surface area (Å²) in [5.74, 6) is 1.35. The molecule has 6 nitrogen and oxygen atoms in total. The van der Waals surface area contributed by atoms with E-state index in [0.29, 0.717) is 12.0 Å². The summed E-state index contributed by atoms with van der Waals surface area (Å²) >= 11 is 0. The van der Waals surface area contributed by atoms with Gasteiger partial charge in [0.25, 0.3) is 0 Å². The summed E-state index contributed by atoms with van der Waals surface area (Å²) in [6.07, 6.45) is 6.53. The average molecular weight is 450 g/mol. The van der Waals surface area contributed by atoms with Gasteiger partial charge < -0.3 is 15.4 Å². The monoisotopic (exact) mass is 449 g/mol. The van der Waals surface area contributed by atoms with Gasteiger partial charge >= 0.3 is 0 Å².